The van der Waals surface area contributed by atoms with Crippen LogP contribution >= 0.6 is 11.6 Å². The van der Waals surface area contributed by atoms with Gasteiger partial charge in [-0.2, -0.15) is 0 Å². The first-order valence-electron chi connectivity index (χ1n) is 5.43. The Hall–Kier alpha value is -0.780. The summed E-state index contributed by atoms with van der Waals surface area (Å²) < 4.78 is 22.7. The zero-order chi connectivity index (χ0) is 13.1. The normalized spacial score (nSPS) is 11.5. The molecule has 0 saturated heterocycles. The van der Waals surface area contributed by atoms with Crippen molar-refractivity contribution >= 4 is 27.3 Å². The number of benzene rings is 1. The smallest absolute Gasteiger partial charge is 0.239 e. The van der Waals surface area contributed by atoms with E-state index in [2.05, 4.69) is 12.2 Å². The molecule has 0 bridgehead atoms. The van der Waals surface area contributed by atoms with Gasteiger partial charge in [-0.1, -0.05) is 24.9 Å². The first-order chi connectivity index (χ1) is 7.86. The van der Waals surface area contributed by atoms with E-state index >= 15 is 0 Å². The molecule has 0 aromatic heterocycles. The van der Waals surface area contributed by atoms with Gasteiger partial charge in [0.25, 0.3) is 0 Å². The van der Waals surface area contributed by atoms with Gasteiger partial charge in [0.2, 0.25) is 10.0 Å². The van der Waals surface area contributed by atoms with Crippen molar-refractivity contribution in [3.63, 3.8) is 0 Å². The first kappa shape index (κ1) is 14.3. The Morgan fingerprint density at radius 3 is 2.59 bits per heavy atom. The molecule has 1 aromatic rings. The van der Waals surface area contributed by atoms with Crippen molar-refractivity contribution in [3.8, 4) is 0 Å². The molecule has 0 aliphatic carbocycles. The zero-order valence-electron chi connectivity index (χ0n) is 9.96. The molecule has 0 radical (unpaired) electrons. The molecule has 17 heavy (non-hydrogen) atoms. The van der Waals surface area contributed by atoms with E-state index in [0.29, 0.717) is 5.69 Å². The summed E-state index contributed by atoms with van der Waals surface area (Å²) in [6, 6.07) is 3.29. The highest BCUT2D eigenvalue weighted by Gasteiger charge is 2.16. The monoisotopic (exact) mass is 276 g/mol. The van der Waals surface area contributed by atoms with E-state index in [4.69, 9.17) is 16.7 Å². The van der Waals surface area contributed by atoms with Crippen LogP contribution in [-0.2, 0) is 10.0 Å². The fraction of sp³-hybridized carbons (Fsp3) is 0.455. The summed E-state index contributed by atoms with van der Waals surface area (Å²) in [6.07, 6.45) is 2.05. The van der Waals surface area contributed by atoms with Gasteiger partial charge >= 0.3 is 0 Å². The number of primary sulfonamides is 1. The van der Waals surface area contributed by atoms with Crippen molar-refractivity contribution < 1.29 is 8.42 Å². The fourth-order valence-electron chi connectivity index (χ4n) is 1.47. The lowest BCUT2D eigenvalue weighted by Crippen LogP contribution is -2.14. The first-order valence-corrected chi connectivity index (χ1v) is 7.35. The summed E-state index contributed by atoms with van der Waals surface area (Å²) in [5, 5.41) is 8.39. The number of sulfonamides is 1. The van der Waals surface area contributed by atoms with Gasteiger partial charge in [-0.05, 0) is 31.0 Å². The highest BCUT2D eigenvalue weighted by molar-refractivity contribution is 7.89. The summed E-state index contributed by atoms with van der Waals surface area (Å²) >= 11 is 6.02. The van der Waals surface area contributed by atoms with Gasteiger partial charge in [-0.15, -0.1) is 0 Å². The Morgan fingerprint density at radius 1 is 1.41 bits per heavy atom. The molecule has 4 nitrogen and oxygen atoms in total. The number of nitrogens with one attached hydrogen (secondary N) is 1. The summed E-state index contributed by atoms with van der Waals surface area (Å²) in [4.78, 5) is -0.0295. The van der Waals surface area contributed by atoms with Gasteiger partial charge in [0.1, 0.15) is 4.90 Å². The van der Waals surface area contributed by atoms with Crippen LogP contribution in [0.1, 0.15) is 25.3 Å². The summed E-state index contributed by atoms with van der Waals surface area (Å²) in [6.45, 7) is 4.63. The average molecular weight is 277 g/mol. The van der Waals surface area contributed by atoms with Crippen molar-refractivity contribution in [3.05, 3.63) is 22.7 Å². The third kappa shape index (κ3) is 3.87. The van der Waals surface area contributed by atoms with Gasteiger partial charge in [0.15, 0.2) is 0 Å². The molecule has 0 spiro atoms. The van der Waals surface area contributed by atoms with E-state index < -0.39 is 10.0 Å². The third-order valence-corrected chi connectivity index (χ3v) is 3.79. The van der Waals surface area contributed by atoms with Crippen LogP contribution in [0, 0.1) is 6.92 Å². The van der Waals surface area contributed by atoms with Crippen molar-refractivity contribution in [1.29, 1.82) is 0 Å². The zero-order valence-corrected chi connectivity index (χ0v) is 11.5. The van der Waals surface area contributed by atoms with Crippen molar-refractivity contribution in [2.75, 3.05) is 11.9 Å². The van der Waals surface area contributed by atoms with Crippen LogP contribution < -0.4 is 10.5 Å². The third-order valence-electron chi connectivity index (χ3n) is 2.34. The van der Waals surface area contributed by atoms with E-state index in [1.807, 2.05) is 6.07 Å². The maximum absolute atomic E-state index is 11.4. The minimum absolute atomic E-state index is 0.0295. The van der Waals surface area contributed by atoms with Gasteiger partial charge in [0, 0.05) is 6.54 Å². The second-order valence-electron chi connectivity index (χ2n) is 3.95. The second kappa shape index (κ2) is 5.71. The molecule has 0 fully saturated rings. The van der Waals surface area contributed by atoms with Crippen LogP contribution in [0.2, 0.25) is 5.02 Å². The van der Waals surface area contributed by atoms with Crippen molar-refractivity contribution in [2.45, 2.75) is 31.6 Å². The average Bonchev–Trinajstić information content (AvgIpc) is 2.21. The number of hydrogen-bond acceptors (Lipinski definition) is 3. The lowest BCUT2D eigenvalue weighted by Gasteiger charge is -2.12. The van der Waals surface area contributed by atoms with Crippen molar-refractivity contribution in [2.24, 2.45) is 5.14 Å². The van der Waals surface area contributed by atoms with E-state index in [0.717, 1.165) is 24.9 Å². The molecule has 0 saturated carbocycles. The molecule has 6 heteroatoms. The topological polar surface area (TPSA) is 72.2 Å². The predicted octanol–water partition coefficient (Wildman–Crippen LogP) is 2.51. The fourth-order valence-corrected chi connectivity index (χ4v) is 2.68. The Balaban J connectivity index is 3.11. The highest BCUT2D eigenvalue weighted by atomic mass is 35.5. The molecule has 1 rings (SSSR count). The number of rotatable bonds is 5. The maximum Gasteiger partial charge on any atom is 0.239 e. The van der Waals surface area contributed by atoms with Gasteiger partial charge in [0.05, 0.1) is 10.7 Å². The van der Waals surface area contributed by atoms with Crippen LogP contribution in [0.4, 0.5) is 5.69 Å². The molecule has 96 valence electrons. The molecule has 3 N–H and O–H groups in total. The number of halogens is 1. The number of unbranched alkanes of at least 4 members (excludes halogenated alkanes) is 1. The van der Waals surface area contributed by atoms with Gasteiger partial charge < -0.3 is 5.32 Å². The SMILES string of the molecule is CCCCNc1cc(C)cc(S(N)(=O)=O)c1Cl. The number of hydrogen-bond donors (Lipinski definition) is 2. The predicted molar refractivity (Wildman–Crippen MR) is 71.0 cm³/mol. The summed E-state index contributed by atoms with van der Waals surface area (Å²) in [5.74, 6) is 0. The van der Waals surface area contributed by atoms with Crippen LogP contribution in [-0.4, -0.2) is 15.0 Å². The van der Waals surface area contributed by atoms with Gasteiger partial charge in [-0.3, -0.25) is 0 Å². The van der Waals surface area contributed by atoms with E-state index in [1.165, 1.54) is 6.07 Å². The van der Waals surface area contributed by atoms with E-state index in [9.17, 15) is 8.42 Å². The van der Waals surface area contributed by atoms with Crippen LogP contribution in [0.5, 0.6) is 0 Å². The largest absolute Gasteiger partial charge is 0.384 e. The number of nitrogens with two attached hydrogens (primary N) is 1. The van der Waals surface area contributed by atoms with Crippen molar-refractivity contribution in [1.82, 2.24) is 0 Å². The molecule has 0 amide bonds. The summed E-state index contributed by atoms with van der Waals surface area (Å²) in [7, 11) is -3.78. The van der Waals surface area contributed by atoms with Crippen LogP contribution in [0.25, 0.3) is 0 Å². The molecule has 0 aliphatic rings. The lowest BCUT2D eigenvalue weighted by atomic mass is 10.2. The summed E-state index contributed by atoms with van der Waals surface area (Å²) in [5.41, 5.74) is 1.42. The molecule has 0 atom stereocenters. The van der Waals surface area contributed by atoms with E-state index in [1.54, 1.807) is 6.92 Å². The molecule has 0 unspecified atom stereocenters. The second-order valence-corrected chi connectivity index (χ2v) is 5.86. The minimum atomic E-state index is -3.78. The Kier molecular flexibility index (Phi) is 4.80. The minimum Gasteiger partial charge on any atom is -0.384 e. The molecule has 0 aliphatic heterocycles. The maximum atomic E-state index is 11.4. The lowest BCUT2D eigenvalue weighted by molar-refractivity contribution is 0.598. The Labute approximate surface area is 107 Å². The molecular weight excluding hydrogens is 260 g/mol. The van der Waals surface area contributed by atoms with Crippen LogP contribution in [0.15, 0.2) is 17.0 Å². The van der Waals surface area contributed by atoms with Crippen LogP contribution in [0.3, 0.4) is 0 Å². The molecule has 1 aromatic carbocycles. The molecule has 0 heterocycles. The van der Waals surface area contributed by atoms with Gasteiger partial charge in [-0.25, -0.2) is 13.6 Å². The standard InChI is InChI=1S/C11H17ClN2O2S/c1-3-4-5-14-9-6-8(2)7-10(11(9)12)17(13,15)16/h6-7,14H,3-5H2,1-2H3,(H2,13,15,16). The quantitative estimate of drug-likeness (QED) is 0.812. The Morgan fingerprint density at radius 2 is 2.06 bits per heavy atom. The highest BCUT2D eigenvalue weighted by Crippen LogP contribution is 2.30. The van der Waals surface area contributed by atoms with E-state index in [-0.39, 0.29) is 9.92 Å². The number of aryl methyl sites for hydroxylation is 1. The molecular formula is C11H17ClN2O2S. The number of anilines is 1. The Bertz CT molecular complexity index is 500.